The Morgan fingerprint density at radius 2 is 2.00 bits per heavy atom. The monoisotopic (exact) mass is 315 g/mol. The highest BCUT2D eigenvalue weighted by atomic mass is 79.9. The summed E-state index contributed by atoms with van der Waals surface area (Å²) < 4.78 is 1.12. The summed E-state index contributed by atoms with van der Waals surface area (Å²) in [5.74, 6) is 0.825. The van der Waals surface area contributed by atoms with Gasteiger partial charge in [-0.1, -0.05) is 30.3 Å². The quantitative estimate of drug-likeness (QED) is 0.812. The zero-order valence-electron chi connectivity index (χ0n) is 11.1. The Kier molecular flexibility index (Phi) is 3.61. The first-order valence-electron chi connectivity index (χ1n) is 6.81. The zero-order chi connectivity index (χ0) is 13.2. The SMILES string of the molecule is Cc1ccc(Br)c(NCc2cccc(C3CC3)c2)c1. The number of rotatable bonds is 4. The van der Waals surface area contributed by atoms with E-state index in [1.165, 1.54) is 29.5 Å². The fourth-order valence-corrected chi connectivity index (χ4v) is 2.73. The van der Waals surface area contributed by atoms with Gasteiger partial charge < -0.3 is 5.32 Å². The molecule has 0 spiro atoms. The molecule has 2 aromatic carbocycles. The van der Waals surface area contributed by atoms with Crippen molar-refractivity contribution in [1.29, 1.82) is 0 Å². The molecule has 2 aromatic rings. The zero-order valence-corrected chi connectivity index (χ0v) is 12.7. The van der Waals surface area contributed by atoms with E-state index in [0.717, 1.165) is 22.6 Å². The number of hydrogen-bond donors (Lipinski definition) is 1. The van der Waals surface area contributed by atoms with Gasteiger partial charge in [0.25, 0.3) is 0 Å². The molecule has 0 radical (unpaired) electrons. The van der Waals surface area contributed by atoms with Crippen LogP contribution in [0.1, 0.15) is 35.4 Å². The highest BCUT2D eigenvalue weighted by Gasteiger charge is 2.23. The third-order valence-corrected chi connectivity index (χ3v) is 4.30. The van der Waals surface area contributed by atoms with Gasteiger partial charge in [0, 0.05) is 16.7 Å². The second-order valence-electron chi connectivity index (χ2n) is 5.36. The number of hydrogen-bond acceptors (Lipinski definition) is 1. The third-order valence-electron chi connectivity index (χ3n) is 3.60. The van der Waals surface area contributed by atoms with E-state index in [1.807, 2.05) is 0 Å². The Morgan fingerprint density at radius 1 is 1.16 bits per heavy atom. The van der Waals surface area contributed by atoms with Gasteiger partial charge in [-0.25, -0.2) is 0 Å². The lowest BCUT2D eigenvalue weighted by molar-refractivity contribution is 1.08. The molecule has 3 rings (SSSR count). The van der Waals surface area contributed by atoms with Gasteiger partial charge in [-0.05, 0) is 70.4 Å². The molecule has 1 fully saturated rings. The van der Waals surface area contributed by atoms with Gasteiger partial charge in [-0.3, -0.25) is 0 Å². The van der Waals surface area contributed by atoms with E-state index in [1.54, 1.807) is 0 Å². The van der Waals surface area contributed by atoms with Crippen molar-refractivity contribution < 1.29 is 0 Å². The maximum absolute atomic E-state index is 3.59. The molecular weight excluding hydrogens is 298 g/mol. The van der Waals surface area contributed by atoms with Gasteiger partial charge in [-0.2, -0.15) is 0 Å². The van der Waals surface area contributed by atoms with Gasteiger partial charge in [0.2, 0.25) is 0 Å². The molecule has 98 valence electrons. The van der Waals surface area contributed by atoms with Crippen molar-refractivity contribution in [2.45, 2.75) is 32.2 Å². The molecule has 0 saturated heterocycles. The molecule has 1 nitrogen and oxygen atoms in total. The Bertz CT molecular complexity index is 588. The minimum absolute atomic E-state index is 0.825. The van der Waals surface area contributed by atoms with Crippen LogP contribution in [0.4, 0.5) is 5.69 Å². The summed E-state index contributed by atoms with van der Waals surface area (Å²) in [6.07, 6.45) is 2.72. The first-order valence-corrected chi connectivity index (χ1v) is 7.60. The van der Waals surface area contributed by atoms with Crippen LogP contribution in [0.5, 0.6) is 0 Å². The van der Waals surface area contributed by atoms with Crippen LogP contribution in [0.15, 0.2) is 46.9 Å². The predicted molar refractivity (Wildman–Crippen MR) is 84.6 cm³/mol. The molecular formula is C17H18BrN. The molecule has 0 bridgehead atoms. The largest absolute Gasteiger partial charge is 0.380 e. The molecule has 0 amide bonds. The van der Waals surface area contributed by atoms with Crippen LogP contribution in [0, 0.1) is 6.92 Å². The van der Waals surface area contributed by atoms with Crippen molar-refractivity contribution in [3.63, 3.8) is 0 Å². The molecule has 1 aliphatic rings. The lowest BCUT2D eigenvalue weighted by Crippen LogP contribution is -2.00. The highest BCUT2D eigenvalue weighted by molar-refractivity contribution is 9.10. The fraction of sp³-hybridized carbons (Fsp3) is 0.294. The van der Waals surface area contributed by atoms with Crippen LogP contribution in [0.25, 0.3) is 0 Å². The number of nitrogens with one attached hydrogen (secondary N) is 1. The maximum Gasteiger partial charge on any atom is 0.0489 e. The van der Waals surface area contributed by atoms with Crippen LogP contribution in [-0.2, 0) is 6.54 Å². The summed E-state index contributed by atoms with van der Waals surface area (Å²) in [6.45, 7) is 2.99. The summed E-state index contributed by atoms with van der Waals surface area (Å²) in [5, 5.41) is 3.51. The number of benzene rings is 2. The molecule has 0 aliphatic heterocycles. The molecule has 2 heteroatoms. The molecule has 1 N–H and O–H groups in total. The summed E-state index contributed by atoms with van der Waals surface area (Å²) in [4.78, 5) is 0. The molecule has 1 saturated carbocycles. The van der Waals surface area contributed by atoms with E-state index >= 15 is 0 Å². The van der Waals surface area contributed by atoms with Gasteiger partial charge in [0.05, 0.1) is 0 Å². The van der Waals surface area contributed by atoms with Crippen LogP contribution in [0.2, 0.25) is 0 Å². The molecule has 0 aromatic heterocycles. The Hall–Kier alpha value is -1.28. The van der Waals surface area contributed by atoms with E-state index in [9.17, 15) is 0 Å². The van der Waals surface area contributed by atoms with Gasteiger partial charge in [0.1, 0.15) is 0 Å². The molecule has 0 unspecified atom stereocenters. The number of aryl methyl sites for hydroxylation is 1. The lowest BCUT2D eigenvalue weighted by atomic mass is 10.1. The van der Waals surface area contributed by atoms with Crippen LogP contribution >= 0.6 is 15.9 Å². The minimum atomic E-state index is 0.825. The van der Waals surface area contributed by atoms with E-state index in [0.29, 0.717) is 0 Å². The Labute approximate surface area is 123 Å². The molecule has 0 heterocycles. The standard InChI is InChI=1S/C17H18BrN/c1-12-5-8-16(18)17(9-12)19-11-13-3-2-4-15(10-13)14-6-7-14/h2-5,8-10,14,19H,6-7,11H2,1H3. The average molecular weight is 316 g/mol. The van der Waals surface area contributed by atoms with Crippen molar-refractivity contribution in [2.24, 2.45) is 0 Å². The third kappa shape index (κ3) is 3.19. The number of anilines is 1. The predicted octanol–water partition coefficient (Wildman–Crippen LogP) is 5.25. The van der Waals surface area contributed by atoms with Crippen molar-refractivity contribution in [3.05, 3.63) is 63.6 Å². The van der Waals surface area contributed by atoms with Crippen molar-refractivity contribution in [3.8, 4) is 0 Å². The second kappa shape index (κ2) is 5.38. The van der Waals surface area contributed by atoms with E-state index in [4.69, 9.17) is 0 Å². The highest BCUT2D eigenvalue weighted by Crippen LogP contribution is 2.40. The first kappa shape index (κ1) is 12.7. The topological polar surface area (TPSA) is 12.0 Å². The summed E-state index contributed by atoms with van der Waals surface area (Å²) in [5.41, 5.74) is 5.30. The lowest BCUT2D eigenvalue weighted by Gasteiger charge is -2.10. The van der Waals surface area contributed by atoms with Crippen molar-refractivity contribution in [1.82, 2.24) is 0 Å². The number of halogens is 1. The smallest absolute Gasteiger partial charge is 0.0489 e. The maximum atomic E-state index is 3.59. The van der Waals surface area contributed by atoms with Crippen LogP contribution in [-0.4, -0.2) is 0 Å². The summed E-state index contributed by atoms with van der Waals surface area (Å²) >= 11 is 3.59. The Balaban J connectivity index is 1.71. The molecule has 19 heavy (non-hydrogen) atoms. The van der Waals surface area contributed by atoms with E-state index in [-0.39, 0.29) is 0 Å². The second-order valence-corrected chi connectivity index (χ2v) is 6.21. The molecule has 0 atom stereocenters. The van der Waals surface area contributed by atoms with Crippen molar-refractivity contribution in [2.75, 3.05) is 5.32 Å². The Morgan fingerprint density at radius 3 is 2.79 bits per heavy atom. The summed E-state index contributed by atoms with van der Waals surface area (Å²) in [7, 11) is 0. The van der Waals surface area contributed by atoms with Crippen molar-refractivity contribution >= 4 is 21.6 Å². The van der Waals surface area contributed by atoms with Gasteiger partial charge >= 0.3 is 0 Å². The van der Waals surface area contributed by atoms with E-state index < -0.39 is 0 Å². The van der Waals surface area contributed by atoms with E-state index in [2.05, 4.69) is 70.6 Å². The first-order chi connectivity index (χ1) is 9.22. The summed E-state index contributed by atoms with van der Waals surface area (Å²) in [6, 6.07) is 15.4. The van der Waals surface area contributed by atoms with Crippen LogP contribution < -0.4 is 5.32 Å². The van der Waals surface area contributed by atoms with Gasteiger partial charge in [0.15, 0.2) is 0 Å². The average Bonchev–Trinajstić information content (AvgIpc) is 3.25. The van der Waals surface area contributed by atoms with Gasteiger partial charge in [-0.15, -0.1) is 0 Å². The normalized spacial score (nSPS) is 14.4. The fourth-order valence-electron chi connectivity index (χ4n) is 2.35. The molecule has 1 aliphatic carbocycles. The van der Waals surface area contributed by atoms with Crippen LogP contribution in [0.3, 0.4) is 0 Å². The minimum Gasteiger partial charge on any atom is -0.380 e.